The van der Waals surface area contributed by atoms with Crippen molar-refractivity contribution in [2.45, 2.75) is 12.8 Å². The number of hydrogen-bond acceptors (Lipinski definition) is 4. The third kappa shape index (κ3) is 1.86. The quantitative estimate of drug-likeness (QED) is 0.852. The summed E-state index contributed by atoms with van der Waals surface area (Å²) in [6.45, 7) is 3.98. The predicted molar refractivity (Wildman–Crippen MR) is 70.7 cm³/mol. The molecule has 18 heavy (non-hydrogen) atoms. The van der Waals surface area contributed by atoms with E-state index in [1.54, 1.807) is 7.11 Å². The van der Waals surface area contributed by atoms with Crippen LogP contribution in [0.1, 0.15) is 22.3 Å². The molecule has 1 aromatic rings. The molecule has 0 aromatic heterocycles. The molecule has 1 aromatic carbocycles. The zero-order valence-corrected chi connectivity index (χ0v) is 10.7. The fourth-order valence-corrected chi connectivity index (χ4v) is 2.78. The minimum atomic E-state index is 0.246. The number of ketones is 1. The number of nitrogens with one attached hydrogen (secondary N) is 1. The maximum atomic E-state index is 11.7. The highest BCUT2D eigenvalue weighted by molar-refractivity contribution is 6.01. The fraction of sp³-hybridized carbons (Fsp3) is 0.500. The lowest BCUT2D eigenvalue weighted by atomic mass is 10.1. The van der Waals surface area contributed by atoms with Crippen LogP contribution in [-0.4, -0.2) is 39.1 Å². The number of carbonyl (C=O) groups is 1. The molecule has 1 aliphatic carbocycles. The second kappa shape index (κ2) is 4.61. The Balaban J connectivity index is 2.00. The van der Waals surface area contributed by atoms with Crippen molar-refractivity contribution in [3.63, 3.8) is 0 Å². The number of rotatable bonds is 2. The largest absolute Gasteiger partial charge is 0.495 e. The molecule has 1 fully saturated rings. The third-order valence-electron chi connectivity index (χ3n) is 3.78. The average molecular weight is 246 g/mol. The first kappa shape index (κ1) is 11.5. The lowest BCUT2D eigenvalue weighted by Gasteiger charge is -2.31. The zero-order chi connectivity index (χ0) is 12.5. The summed E-state index contributed by atoms with van der Waals surface area (Å²) in [7, 11) is 1.67. The number of nitrogens with zero attached hydrogens (tertiary/aromatic N) is 1. The summed E-state index contributed by atoms with van der Waals surface area (Å²) in [5.41, 5.74) is 3.16. The van der Waals surface area contributed by atoms with Crippen LogP contribution in [0.4, 0.5) is 5.69 Å². The van der Waals surface area contributed by atoms with E-state index >= 15 is 0 Å². The number of hydrogen-bond donors (Lipinski definition) is 1. The van der Waals surface area contributed by atoms with Crippen molar-refractivity contribution in [1.29, 1.82) is 0 Å². The molecule has 0 saturated carbocycles. The molecule has 0 unspecified atom stereocenters. The summed E-state index contributed by atoms with van der Waals surface area (Å²) in [4.78, 5) is 14.1. The number of ether oxygens (including phenoxy) is 1. The van der Waals surface area contributed by atoms with Gasteiger partial charge in [-0.2, -0.15) is 0 Å². The minimum absolute atomic E-state index is 0.246. The number of Topliss-reactive ketones (excluding diaryl/α,β-unsaturated/α-hetero) is 1. The van der Waals surface area contributed by atoms with Crippen LogP contribution in [0.3, 0.4) is 0 Å². The molecule has 0 atom stereocenters. The maximum absolute atomic E-state index is 11.7. The highest BCUT2D eigenvalue weighted by atomic mass is 16.5. The van der Waals surface area contributed by atoms with Crippen molar-refractivity contribution in [3.8, 4) is 5.75 Å². The van der Waals surface area contributed by atoms with Crippen molar-refractivity contribution >= 4 is 11.5 Å². The van der Waals surface area contributed by atoms with Gasteiger partial charge in [0.2, 0.25) is 0 Å². The summed E-state index contributed by atoms with van der Waals surface area (Å²) in [6.07, 6.45) is 1.51. The van der Waals surface area contributed by atoms with Gasteiger partial charge in [-0.1, -0.05) is 0 Å². The first-order chi connectivity index (χ1) is 8.79. The van der Waals surface area contributed by atoms with Gasteiger partial charge in [0, 0.05) is 38.2 Å². The molecular formula is C14H18N2O2. The molecular weight excluding hydrogens is 228 g/mol. The molecule has 0 amide bonds. The Hall–Kier alpha value is -1.55. The summed E-state index contributed by atoms with van der Waals surface area (Å²) < 4.78 is 5.46. The van der Waals surface area contributed by atoms with Gasteiger partial charge in [0.05, 0.1) is 12.8 Å². The Morgan fingerprint density at radius 3 is 2.72 bits per heavy atom. The highest BCUT2D eigenvalue weighted by Gasteiger charge is 2.24. The summed E-state index contributed by atoms with van der Waals surface area (Å²) >= 11 is 0. The summed E-state index contributed by atoms with van der Waals surface area (Å²) in [5.74, 6) is 1.07. The van der Waals surface area contributed by atoms with E-state index in [2.05, 4.69) is 16.3 Å². The van der Waals surface area contributed by atoms with Crippen LogP contribution < -0.4 is 15.0 Å². The number of carbonyl (C=O) groups excluding carboxylic acids is 1. The first-order valence-corrected chi connectivity index (χ1v) is 6.49. The number of aryl methyl sites for hydroxylation is 1. The van der Waals surface area contributed by atoms with Gasteiger partial charge in [0.25, 0.3) is 0 Å². The van der Waals surface area contributed by atoms with Crippen LogP contribution in [0.2, 0.25) is 0 Å². The summed E-state index contributed by atoms with van der Waals surface area (Å²) in [5, 5.41) is 3.34. The molecule has 4 heteroatoms. The molecule has 96 valence electrons. The van der Waals surface area contributed by atoms with E-state index in [4.69, 9.17) is 4.74 Å². The van der Waals surface area contributed by atoms with E-state index in [1.165, 1.54) is 5.56 Å². The second-order valence-electron chi connectivity index (χ2n) is 4.84. The van der Waals surface area contributed by atoms with Crippen molar-refractivity contribution < 1.29 is 9.53 Å². The molecule has 1 saturated heterocycles. The SMILES string of the molecule is COc1cc2c(cc1N1CCNCC1)CCC2=O. The van der Waals surface area contributed by atoms with Crippen molar-refractivity contribution in [1.82, 2.24) is 5.32 Å². The van der Waals surface area contributed by atoms with Gasteiger partial charge in [-0.05, 0) is 24.1 Å². The van der Waals surface area contributed by atoms with Gasteiger partial charge in [-0.15, -0.1) is 0 Å². The highest BCUT2D eigenvalue weighted by Crippen LogP contribution is 2.35. The maximum Gasteiger partial charge on any atom is 0.163 e. The van der Waals surface area contributed by atoms with Crippen molar-refractivity contribution in [2.24, 2.45) is 0 Å². The van der Waals surface area contributed by atoms with E-state index < -0.39 is 0 Å². The Morgan fingerprint density at radius 1 is 1.22 bits per heavy atom. The molecule has 2 aliphatic rings. The Morgan fingerprint density at radius 2 is 2.00 bits per heavy atom. The van der Waals surface area contributed by atoms with Gasteiger partial charge in [0.1, 0.15) is 5.75 Å². The topological polar surface area (TPSA) is 41.6 Å². The van der Waals surface area contributed by atoms with Gasteiger partial charge in [-0.3, -0.25) is 4.79 Å². The van der Waals surface area contributed by atoms with E-state index in [-0.39, 0.29) is 5.78 Å². The third-order valence-corrected chi connectivity index (χ3v) is 3.78. The average Bonchev–Trinajstić information content (AvgIpc) is 2.79. The molecule has 0 spiro atoms. The van der Waals surface area contributed by atoms with Crippen LogP contribution in [0.25, 0.3) is 0 Å². The molecule has 1 heterocycles. The van der Waals surface area contributed by atoms with Crippen molar-refractivity contribution in [3.05, 3.63) is 23.3 Å². The van der Waals surface area contributed by atoms with Gasteiger partial charge in [0.15, 0.2) is 5.78 Å². The summed E-state index contributed by atoms with van der Waals surface area (Å²) in [6, 6.07) is 4.06. The molecule has 1 aliphatic heterocycles. The molecule has 0 bridgehead atoms. The first-order valence-electron chi connectivity index (χ1n) is 6.49. The van der Waals surface area contributed by atoms with Gasteiger partial charge in [-0.25, -0.2) is 0 Å². The fourth-order valence-electron chi connectivity index (χ4n) is 2.78. The Labute approximate surface area is 107 Å². The number of methoxy groups -OCH3 is 1. The Bertz CT molecular complexity index is 479. The lowest BCUT2D eigenvalue weighted by Crippen LogP contribution is -2.43. The normalized spacial score (nSPS) is 18.9. The second-order valence-corrected chi connectivity index (χ2v) is 4.84. The number of benzene rings is 1. The van der Waals surface area contributed by atoms with Crippen LogP contribution in [0.5, 0.6) is 5.75 Å². The number of piperazine rings is 1. The van der Waals surface area contributed by atoms with Gasteiger partial charge < -0.3 is 15.0 Å². The smallest absolute Gasteiger partial charge is 0.163 e. The zero-order valence-electron chi connectivity index (χ0n) is 10.7. The monoisotopic (exact) mass is 246 g/mol. The van der Waals surface area contributed by atoms with Crippen LogP contribution >= 0.6 is 0 Å². The van der Waals surface area contributed by atoms with E-state index in [0.717, 1.165) is 49.6 Å². The van der Waals surface area contributed by atoms with E-state index in [9.17, 15) is 4.79 Å². The van der Waals surface area contributed by atoms with Crippen LogP contribution in [0, 0.1) is 0 Å². The predicted octanol–water partition coefficient (Wildman–Crippen LogP) is 1.23. The van der Waals surface area contributed by atoms with Crippen molar-refractivity contribution in [2.75, 3.05) is 38.2 Å². The molecule has 4 nitrogen and oxygen atoms in total. The molecule has 3 rings (SSSR count). The molecule has 0 radical (unpaired) electrons. The Kier molecular flexibility index (Phi) is 2.96. The van der Waals surface area contributed by atoms with E-state index in [1.807, 2.05) is 6.07 Å². The van der Waals surface area contributed by atoms with E-state index in [0.29, 0.717) is 6.42 Å². The van der Waals surface area contributed by atoms with Crippen LogP contribution in [-0.2, 0) is 6.42 Å². The van der Waals surface area contributed by atoms with Gasteiger partial charge >= 0.3 is 0 Å². The molecule has 1 N–H and O–H groups in total. The standard InChI is InChI=1S/C14H18N2O2/c1-18-14-9-11-10(2-3-13(11)17)8-12(14)16-6-4-15-5-7-16/h8-9,15H,2-7H2,1H3. The minimum Gasteiger partial charge on any atom is -0.495 e. The van der Waals surface area contributed by atoms with Crippen LogP contribution in [0.15, 0.2) is 12.1 Å². The number of fused-ring (bicyclic) bond motifs is 1. The lowest BCUT2D eigenvalue weighted by molar-refractivity contribution is 0.0994. The number of anilines is 1.